The van der Waals surface area contributed by atoms with Crippen LogP contribution in [0.2, 0.25) is 0 Å². The van der Waals surface area contributed by atoms with E-state index in [0.717, 1.165) is 12.0 Å². The zero-order chi connectivity index (χ0) is 9.26. The average Bonchev–Trinajstić information content (AvgIpc) is 2.97. The second kappa shape index (κ2) is 3.35. The summed E-state index contributed by atoms with van der Waals surface area (Å²) in [7, 11) is 0. The van der Waals surface area contributed by atoms with Gasteiger partial charge in [-0.3, -0.25) is 0 Å². The zero-order valence-corrected chi connectivity index (χ0v) is 7.61. The van der Waals surface area contributed by atoms with E-state index in [9.17, 15) is 0 Å². The van der Waals surface area contributed by atoms with E-state index >= 15 is 0 Å². The molecule has 0 aliphatic heterocycles. The van der Waals surface area contributed by atoms with Gasteiger partial charge in [-0.2, -0.15) is 0 Å². The summed E-state index contributed by atoms with van der Waals surface area (Å²) in [6.07, 6.45) is 2.99. The first-order valence-corrected chi connectivity index (χ1v) is 4.68. The van der Waals surface area contributed by atoms with Gasteiger partial charge in [0.2, 0.25) is 0 Å². The fraction of sp³-hybridized carbons (Fsp3) is 0.333. The van der Waals surface area contributed by atoms with E-state index < -0.39 is 0 Å². The van der Waals surface area contributed by atoms with Gasteiger partial charge in [0.25, 0.3) is 0 Å². The molecule has 0 amide bonds. The maximum atomic E-state index is 8.92. The van der Waals surface area contributed by atoms with Gasteiger partial charge in [0.15, 0.2) is 0 Å². The lowest BCUT2D eigenvalue weighted by atomic mass is 10.1. The summed E-state index contributed by atoms with van der Waals surface area (Å²) >= 11 is 0. The van der Waals surface area contributed by atoms with Crippen molar-refractivity contribution in [3.05, 3.63) is 42.0 Å². The predicted octanol–water partition coefficient (Wildman–Crippen LogP) is 2.43. The Labute approximate surface area is 78.7 Å². The Kier molecular flexibility index (Phi) is 2.19. The minimum absolute atomic E-state index is 0.327. The Hall–Kier alpha value is -1.08. The van der Waals surface area contributed by atoms with E-state index in [2.05, 4.69) is 30.8 Å². The van der Waals surface area contributed by atoms with Gasteiger partial charge in [-0.1, -0.05) is 36.9 Å². The summed E-state index contributed by atoms with van der Waals surface area (Å²) in [6.45, 7) is 4.04. The van der Waals surface area contributed by atoms with Gasteiger partial charge in [0, 0.05) is 6.61 Å². The van der Waals surface area contributed by atoms with Gasteiger partial charge in [0.05, 0.1) is 0 Å². The second-order valence-electron chi connectivity index (χ2n) is 3.66. The summed E-state index contributed by atoms with van der Waals surface area (Å²) in [5, 5.41) is 8.92. The van der Waals surface area contributed by atoms with E-state index in [1.807, 2.05) is 6.08 Å². The Morgan fingerprint density at radius 2 is 2.08 bits per heavy atom. The lowest BCUT2D eigenvalue weighted by Crippen LogP contribution is -1.88. The molecule has 0 aromatic heterocycles. The largest absolute Gasteiger partial charge is 0.396 e. The van der Waals surface area contributed by atoms with Crippen molar-refractivity contribution in [2.45, 2.75) is 12.3 Å². The van der Waals surface area contributed by atoms with Gasteiger partial charge in [-0.25, -0.2) is 0 Å². The highest BCUT2D eigenvalue weighted by molar-refractivity contribution is 5.48. The molecule has 0 saturated heterocycles. The Bertz CT molecular complexity index is 299. The zero-order valence-electron chi connectivity index (χ0n) is 7.61. The number of aliphatic hydroxyl groups excluding tert-OH is 1. The minimum Gasteiger partial charge on any atom is -0.396 e. The Morgan fingerprint density at radius 3 is 2.54 bits per heavy atom. The van der Waals surface area contributed by atoms with Crippen LogP contribution in [0.3, 0.4) is 0 Å². The number of aliphatic hydroxyl groups is 1. The summed E-state index contributed by atoms with van der Waals surface area (Å²) in [6, 6.07) is 8.43. The molecule has 1 fully saturated rings. The van der Waals surface area contributed by atoms with Crippen LogP contribution in [-0.2, 0) is 0 Å². The molecular formula is C12H14O. The van der Waals surface area contributed by atoms with Crippen molar-refractivity contribution in [3.63, 3.8) is 0 Å². The molecule has 0 radical (unpaired) electrons. The summed E-state index contributed by atoms with van der Waals surface area (Å²) in [4.78, 5) is 0. The van der Waals surface area contributed by atoms with Gasteiger partial charge in [-0.15, -0.1) is 0 Å². The van der Waals surface area contributed by atoms with Crippen LogP contribution in [0.4, 0.5) is 0 Å². The summed E-state index contributed by atoms with van der Waals surface area (Å²) < 4.78 is 0. The normalized spacial score (nSPS) is 25.6. The lowest BCUT2D eigenvalue weighted by Gasteiger charge is -1.99. The van der Waals surface area contributed by atoms with Crippen molar-refractivity contribution in [3.8, 4) is 0 Å². The number of benzene rings is 1. The predicted molar refractivity (Wildman–Crippen MR) is 54.5 cm³/mol. The molecule has 1 aliphatic rings. The van der Waals surface area contributed by atoms with Crippen LogP contribution in [0, 0.1) is 5.92 Å². The number of hydrogen-bond acceptors (Lipinski definition) is 1. The van der Waals surface area contributed by atoms with Crippen molar-refractivity contribution in [2.75, 3.05) is 6.61 Å². The van der Waals surface area contributed by atoms with Crippen molar-refractivity contribution >= 4 is 6.08 Å². The van der Waals surface area contributed by atoms with Crippen LogP contribution in [0.1, 0.15) is 23.5 Å². The van der Waals surface area contributed by atoms with Crippen molar-refractivity contribution in [1.29, 1.82) is 0 Å². The quantitative estimate of drug-likeness (QED) is 0.746. The first kappa shape index (κ1) is 8.52. The molecule has 68 valence electrons. The van der Waals surface area contributed by atoms with Crippen LogP contribution < -0.4 is 0 Å². The molecular weight excluding hydrogens is 160 g/mol. The minimum atomic E-state index is 0.327. The van der Waals surface area contributed by atoms with Crippen molar-refractivity contribution in [1.82, 2.24) is 0 Å². The molecule has 13 heavy (non-hydrogen) atoms. The fourth-order valence-electron chi connectivity index (χ4n) is 1.74. The molecule has 0 unspecified atom stereocenters. The Morgan fingerprint density at radius 1 is 1.38 bits per heavy atom. The highest BCUT2D eigenvalue weighted by atomic mass is 16.3. The molecule has 2 rings (SSSR count). The smallest absolute Gasteiger partial charge is 0.0465 e. The maximum absolute atomic E-state index is 8.92. The third-order valence-electron chi connectivity index (χ3n) is 2.76. The molecule has 0 spiro atoms. The molecule has 0 bridgehead atoms. The summed E-state index contributed by atoms with van der Waals surface area (Å²) in [5.41, 5.74) is 2.51. The van der Waals surface area contributed by atoms with Crippen molar-refractivity contribution < 1.29 is 5.11 Å². The topological polar surface area (TPSA) is 20.2 Å². The van der Waals surface area contributed by atoms with Crippen LogP contribution in [-0.4, -0.2) is 11.7 Å². The molecule has 2 atom stereocenters. The first-order valence-electron chi connectivity index (χ1n) is 4.68. The van der Waals surface area contributed by atoms with Crippen LogP contribution in [0.5, 0.6) is 0 Å². The third-order valence-corrected chi connectivity index (χ3v) is 2.76. The number of hydrogen-bond donors (Lipinski definition) is 1. The molecule has 1 heteroatoms. The van der Waals surface area contributed by atoms with Crippen LogP contribution in [0.15, 0.2) is 30.8 Å². The van der Waals surface area contributed by atoms with Crippen LogP contribution >= 0.6 is 0 Å². The van der Waals surface area contributed by atoms with Crippen molar-refractivity contribution in [2.24, 2.45) is 5.92 Å². The fourth-order valence-corrected chi connectivity index (χ4v) is 1.74. The molecule has 1 aromatic rings. The molecule has 1 saturated carbocycles. The van der Waals surface area contributed by atoms with E-state index in [1.165, 1.54) is 5.56 Å². The highest BCUT2D eigenvalue weighted by Crippen LogP contribution is 2.46. The van der Waals surface area contributed by atoms with E-state index in [1.54, 1.807) is 0 Å². The molecule has 1 nitrogen and oxygen atoms in total. The first-order chi connectivity index (χ1) is 6.35. The standard InChI is InChI=1S/C12H14O/c1-2-9-3-5-10(6-4-9)12-7-11(12)8-13/h2-6,11-13H,1,7-8H2/t11-,12-/m0/s1. The SMILES string of the molecule is C=Cc1ccc([C@@H]2C[C@H]2CO)cc1. The van der Waals surface area contributed by atoms with Crippen LogP contribution in [0.25, 0.3) is 6.08 Å². The molecule has 1 N–H and O–H groups in total. The lowest BCUT2D eigenvalue weighted by molar-refractivity contribution is 0.274. The van der Waals surface area contributed by atoms with E-state index in [-0.39, 0.29) is 0 Å². The highest BCUT2D eigenvalue weighted by Gasteiger charge is 2.37. The average molecular weight is 174 g/mol. The monoisotopic (exact) mass is 174 g/mol. The van der Waals surface area contributed by atoms with E-state index in [4.69, 9.17) is 5.11 Å². The van der Waals surface area contributed by atoms with Gasteiger partial charge in [0.1, 0.15) is 0 Å². The number of rotatable bonds is 3. The molecule has 0 heterocycles. The maximum Gasteiger partial charge on any atom is 0.0465 e. The molecule has 1 aromatic carbocycles. The Balaban J connectivity index is 2.11. The third kappa shape index (κ3) is 1.65. The van der Waals surface area contributed by atoms with Gasteiger partial charge >= 0.3 is 0 Å². The van der Waals surface area contributed by atoms with Gasteiger partial charge < -0.3 is 5.11 Å². The van der Waals surface area contributed by atoms with Gasteiger partial charge in [-0.05, 0) is 29.4 Å². The molecule has 1 aliphatic carbocycles. The van der Waals surface area contributed by atoms with E-state index in [0.29, 0.717) is 18.4 Å². The summed E-state index contributed by atoms with van der Waals surface area (Å²) in [5.74, 6) is 1.11. The second-order valence-corrected chi connectivity index (χ2v) is 3.66.